The van der Waals surface area contributed by atoms with Crippen molar-refractivity contribution in [3.63, 3.8) is 0 Å². The number of hydrogen-bond donors (Lipinski definition) is 0. The Hall–Kier alpha value is -2.70. The highest BCUT2D eigenvalue weighted by Gasteiger charge is 2.11. The summed E-state index contributed by atoms with van der Waals surface area (Å²) in [6.07, 6.45) is 6.58. The van der Waals surface area contributed by atoms with Gasteiger partial charge in [-0.3, -0.25) is 0 Å². The molecule has 0 spiro atoms. The predicted molar refractivity (Wildman–Crippen MR) is 65.8 cm³/mol. The van der Waals surface area contributed by atoms with Crippen molar-refractivity contribution in [3.8, 4) is 22.9 Å². The highest BCUT2D eigenvalue weighted by atomic mass is 16.4. The monoisotopic (exact) mass is 254 g/mol. The molecular formula is C12H10N6O. The standard InChI is InChI=1S/C12H10N6O/c1-7-13-3-9(4-14-7)11-17-18-12(19-11)10-5-15-8(2)16-6-10/h3-6H,1-2H3. The molecule has 0 aliphatic rings. The van der Waals surface area contributed by atoms with E-state index in [9.17, 15) is 0 Å². The Labute approximate surface area is 108 Å². The summed E-state index contributed by atoms with van der Waals surface area (Å²) in [6.45, 7) is 3.62. The lowest BCUT2D eigenvalue weighted by molar-refractivity contribution is 0.583. The van der Waals surface area contributed by atoms with Crippen LogP contribution in [0.15, 0.2) is 29.2 Å². The van der Waals surface area contributed by atoms with Crippen LogP contribution in [-0.4, -0.2) is 30.1 Å². The van der Waals surface area contributed by atoms with Gasteiger partial charge in [-0.05, 0) is 13.8 Å². The lowest BCUT2D eigenvalue weighted by Gasteiger charge is -1.95. The van der Waals surface area contributed by atoms with Crippen molar-refractivity contribution < 1.29 is 4.42 Å². The third-order valence-electron chi connectivity index (χ3n) is 2.48. The Bertz CT molecular complexity index is 629. The first-order valence-electron chi connectivity index (χ1n) is 5.64. The van der Waals surface area contributed by atoms with Crippen LogP contribution in [0.5, 0.6) is 0 Å². The number of nitrogens with zero attached hydrogens (tertiary/aromatic N) is 6. The van der Waals surface area contributed by atoms with Crippen molar-refractivity contribution in [1.29, 1.82) is 0 Å². The smallest absolute Gasteiger partial charge is 0.251 e. The molecule has 0 unspecified atom stereocenters. The number of hydrogen-bond acceptors (Lipinski definition) is 7. The lowest BCUT2D eigenvalue weighted by Crippen LogP contribution is -1.87. The average molecular weight is 254 g/mol. The molecule has 0 amide bonds. The lowest BCUT2D eigenvalue weighted by atomic mass is 10.3. The Morgan fingerprint density at radius 2 is 1.05 bits per heavy atom. The van der Waals surface area contributed by atoms with Gasteiger partial charge in [-0.25, -0.2) is 19.9 Å². The van der Waals surface area contributed by atoms with E-state index in [4.69, 9.17) is 4.42 Å². The van der Waals surface area contributed by atoms with Crippen LogP contribution >= 0.6 is 0 Å². The Morgan fingerprint density at radius 3 is 1.42 bits per heavy atom. The van der Waals surface area contributed by atoms with Crippen molar-refractivity contribution in [2.24, 2.45) is 0 Å². The van der Waals surface area contributed by atoms with Gasteiger partial charge in [0.05, 0.1) is 11.1 Å². The van der Waals surface area contributed by atoms with Gasteiger partial charge in [0.25, 0.3) is 11.8 Å². The second kappa shape index (κ2) is 4.52. The predicted octanol–water partition coefficient (Wildman–Crippen LogP) is 1.60. The number of aryl methyl sites for hydroxylation is 2. The van der Waals surface area contributed by atoms with E-state index in [0.717, 1.165) is 0 Å². The van der Waals surface area contributed by atoms with Crippen molar-refractivity contribution in [1.82, 2.24) is 30.1 Å². The largest absolute Gasteiger partial charge is 0.416 e. The second-order valence-electron chi connectivity index (χ2n) is 3.95. The van der Waals surface area contributed by atoms with E-state index < -0.39 is 0 Å². The van der Waals surface area contributed by atoms with Crippen molar-refractivity contribution in [2.45, 2.75) is 13.8 Å². The van der Waals surface area contributed by atoms with Crippen LogP contribution in [0.3, 0.4) is 0 Å². The summed E-state index contributed by atoms with van der Waals surface area (Å²) in [7, 11) is 0. The molecule has 94 valence electrons. The van der Waals surface area contributed by atoms with Gasteiger partial charge in [0.1, 0.15) is 11.6 Å². The van der Waals surface area contributed by atoms with Crippen molar-refractivity contribution in [3.05, 3.63) is 36.4 Å². The van der Waals surface area contributed by atoms with E-state index in [1.54, 1.807) is 24.8 Å². The molecule has 0 aromatic carbocycles. The minimum Gasteiger partial charge on any atom is -0.416 e. The summed E-state index contributed by atoms with van der Waals surface area (Å²) >= 11 is 0. The molecular weight excluding hydrogens is 244 g/mol. The number of aromatic nitrogens is 6. The van der Waals surface area contributed by atoms with Crippen LogP contribution in [0.1, 0.15) is 11.6 Å². The molecule has 0 N–H and O–H groups in total. The molecule has 0 aliphatic carbocycles. The van der Waals surface area contributed by atoms with Gasteiger partial charge >= 0.3 is 0 Å². The highest BCUT2D eigenvalue weighted by molar-refractivity contribution is 5.54. The van der Waals surface area contributed by atoms with Crippen LogP contribution in [0.4, 0.5) is 0 Å². The highest BCUT2D eigenvalue weighted by Crippen LogP contribution is 2.21. The summed E-state index contributed by atoms with van der Waals surface area (Å²) in [4.78, 5) is 16.3. The van der Waals surface area contributed by atoms with E-state index in [2.05, 4.69) is 30.1 Å². The Balaban J connectivity index is 1.95. The summed E-state index contributed by atoms with van der Waals surface area (Å²) in [6, 6.07) is 0. The quantitative estimate of drug-likeness (QED) is 0.685. The van der Waals surface area contributed by atoms with Gasteiger partial charge in [-0.1, -0.05) is 0 Å². The average Bonchev–Trinajstić information content (AvgIpc) is 2.90. The fraction of sp³-hybridized carbons (Fsp3) is 0.167. The molecule has 7 heteroatoms. The van der Waals surface area contributed by atoms with Gasteiger partial charge in [0.15, 0.2) is 0 Å². The summed E-state index contributed by atoms with van der Waals surface area (Å²) in [5.41, 5.74) is 1.36. The third-order valence-corrected chi connectivity index (χ3v) is 2.48. The van der Waals surface area contributed by atoms with Gasteiger partial charge in [0.2, 0.25) is 0 Å². The van der Waals surface area contributed by atoms with E-state index in [0.29, 0.717) is 34.6 Å². The molecule has 7 nitrogen and oxygen atoms in total. The third kappa shape index (κ3) is 2.30. The zero-order valence-electron chi connectivity index (χ0n) is 10.4. The van der Waals surface area contributed by atoms with Crippen molar-refractivity contribution in [2.75, 3.05) is 0 Å². The molecule has 3 heterocycles. The fourth-order valence-corrected chi connectivity index (χ4v) is 1.46. The van der Waals surface area contributed by atoms with Gasteiger partial charge < -0.3 is 4.42 Å². The molecule has 0 fully saturated rings. The van der Waals surface area contributed by atoms with Crippen LogP contribution < -0.4 is 0 Å². The van der Waals surface area contributed by atoms with Gasteiger partial charge in [0, 0.05) is 24.8 Å². The zero-order chi connectivity index (χ0) is 13.2. The molecule has 0 aliphatic heterocycles. The molecule has 0 radical (unpaired) electrons. The summed E-state index contributed by atoms with van der Waals surface area (Å²) < 4.78 is 5.55. The maximum Gasteiger partial charge on any atom is 0.251 e. The normalized spacial score (nSPS) is 10.6. The first kappa shape index (κ1) is 11.4. The molecule has 0 saturated carbocycles. The zero-order valence-corrected chi connectivity index (χ0v) is 10.4. The summed E-state index contributed by atoms with van der Waals surface area (Å²) in [5.74, 6) is 2.12. The Morgan fingerprint density at radius 1 is 0.684 bits per heavy atom. The molecule has 3 aromatic rings. The summed E-state index contributed by atoms with van der Waals surface area (Å²) in [5, 5.41) is 7.93. The van der Waals surface area contributed by atoms with Crippen LogP contribution in [0, 0.1) is 13.8 Å². The maximum absolute atomic E-state index is 5.55. The van der Waals surface area contributed by atoms with Crippen LogP contribution in [-0.2, 0) is 0 Å². The molecule has 19 heavy (non-hydrogen) atoms. The van der Waals surface area contributed by atoms with E-state index in [1.807, 2.05) is 13.8 Å². The minimum atomic E-state index is 0.371. The first-order chi connectivity index (χ1) is 9.22. The van der Waals surface area contributed by atoms with Crippen LogP contribution in [0.2, 0.25) is 0 Å². The molecule has 0 atom stereocenters. The van der Waals surface area contributed by atoms with E-state index >= 15 is 0 Å². The molecule has 3 rings (SSSR count). The minimum absolute atomic E-state index is 0.371. The topological polar surface area (TPSA) is 90.5 Å². The molecule has 3 aromatic heterocycles. The Kier molecular flexibility index (Phi) is 2.71. The SMILES string of the molecule is Cc1ncc(-c2nnc(-c3cnc(C)nc3)o2)cn1. The van der Waals surface area contributed by atoms with E-state index in [1.165, 1.54) is 0 Å². The van der Waals surface area contributed by atoms with Crippen molar-refractivity contribution >= 4 is 0 Å². The van der Waals surface area contributed by atoms with Gasteiger partial charge in [-0.15, -0.1) is 10.2 Å². The van der Waals surface area contributed by atoms with Gasteiger partial charge in [-0.2, -0.15) is 0 Å². The number of rotatable bonds is 2. The molecule has 0 bridgehead atoms. The maximum atomic E-state index is 5.55. The fourth-order valence-electron chi connectivity index (χ4n) is 1.46. The first-order valence-corrected chi connectivity index (χ1v) is 5.64. The second-order valence-corrected chi connectivity index (χ2v) is 3.95. The van der Waals surface area contributed by atoms with Crippen LogP contribution in [0.25, 0.3) is 22.9 Å². The molecule has 0 saturated heterocycles. The van der Waals surface area contributed by atoms with E-state index in [-0.39, 0.29) is 0 Å².